The van der Waals surface area contributed by atoms with Crippen molar-refractivity contribution < 1.29 is 9.59 Å². The Bertz CT molecular complexity index is 666. The van der Waals surface area contributed by atoms with Gasteiger partial charge in [0.05, 0.1) is 11.1 Å². The molecule has 2 saturated heterocycles. The fourth-order valence-corrected chi connectivity index (χ4v) is 4.80. The molecule has 0 bridgehead atoms. The van der Waals surface area contributed by atoms with Crippen LogP contribution in [0.5, 0.6) is 0 Å². The molecular formula is C19H28ClN3O2. The normalized spacial score (nSPS) is 22.4. The van der Waals surface area contributed by atoms with Crippen LogP contribution in [0, 0.1) is 12.3 Å². The predicted molar refractivity (Wildman–Crippen MR) is 99.7 cm³/mol. The van der Waals surface area contributed by atoms with Crippen LogP contribution in [0.1, 0.15) is 70.6 Å². The van der Waals surface area contributed by atoms with Crippen LogP contribution in [0.2, 0.25) is 0 Å². The standard InChI is InChI=1S/C19H27N3O2.ClH/c1-13-16(17-14(21-13)3-2-4-15(17)23)18(24)22-11-7-19(8-12-22)5-9-20-10-6-19;/h20-21H,2-12H2,1H3;1H. The van der Waals surface area contributed by atoms with Crippen LogP contribution in [-0.4, -0.2) is 47.8 Å². The number of aromatic amines is 1. The fraction of sp³-hybridized carbons (Fsp3) is 0.684. The van der Waals surface area contributed by atoms with Gasteiger partial charge in [0, 0.05) is 30.9 Å². The molecule has 3 heterocycles. The van der Waals surface area contributed by atoms with Gasteiger partial charge < -0.3 is 15.2 Å². The van der Waals surface area contributed by atoms with Gasteiger partial charge in [-0.25, -0.2) is 0 Å². The third kappa shape index (κ3) is 3.24. The van der Waals surface area contributed by atoms with E-state index in [0.29, 0.717) is 23.0 Å². The SMILES string of the molecule is Cc1[nH]c2c(c1C(=O)N1CCC3(CCNCC3)CC1)C(=O)CCC2.Cl. The minimum Gasteiger partial charge on any atom is -0.361 e. The van der Waals surface area contributed by atoms with Crippen molar-refractivity contribution in [2.45, 2.75) is 51.9 Å². The number of fused-ring (bicyclic) bond motifs is 1. The number of carbonyl (C=O) groups excluding carboxylic acids is 2. The smallest absolute Gasteiger partial charge is 0.256 e. The number of hydrogen-bond acceptors (Lipinski definition) is 3. The molecule has 138 valence electrons. The molecule has 5 nitrogen and oxygen atoms in total. The van der Waals surface area contributed by atoms with E-state index in [0.717, 1.165) is 63.3 Å². The van der Waals surface area contributed by atoms with Crippen LogP contribution in [0.3, 0.4) is 0 Å². The van der Waals surface area contributed by atoms with Gasteiger partial charge in [-0.05, 0) is 64.0 Å². The third-order valence-corrected chi connectivity index (χ3v) is 6.36. The van der Waals surface area contributed by atoms with Crippen molar-refractivity contribution in [3.05, 3.63) is 22.5 Å². The summed E-state index contributed by atoms with van der Waals surface area (Å²) >= 11 is 0. The topological polar surface area (TPSA) is 65.2 Å². The molecule has 25 heavy (non-hydrogen) atoms. The van der Waals surface area contributed by atoms with E-state index in [1.54, 1.807) is 0 Å². The number of halogens is 1. The maximum atomic E-state index is 13.1. The number of likely N-dealkylation sites (tertiary alicyclic amines) is 1. The van der Waals surface area contributed by atoms with Crippen molar-refractivity contribution in [1.82, 2.24) is 15.2 Å². The lowest BCUT2D eigenvalue weighted by molar-refractivity contribution is 0.0493. The first-order valence-corrected chi connectivity index (χ1v) is 9.34. The Kier molecular flexibility index (Phi) is 5.26. The minimum absolute atomic E-state index is 0. The Balaban J connectivity index is 0.00000182. The number of rotatable bonds is 1. The first-order valence-electron chi connectivity index (χ1n) is 9.34. The summed E-state index contributed by atoms with van der Waals surface area (Å²) in [6.45, 7) is 5.79. The second-order valence-electron chi connectivity index (χ2n) is 7.80. The molecular weight excluding hydrogens is 338 g/mol. The number of Topliss-reactive ketones (excluding diaryl/α,β-unsaturated/α-hetero) is 1. The van der Waals surface area contributed by atoms with Crippen molar-refractivity contribution in [2.24, 2.45) is 5.41 Å². The number of hydrogen-bond donors (Lipinski definition) is 2. The second-order valence-corrected chi connectivity index (χ2v) is 7.80. The van der Waals surface area contributed by atoms with Crippen molar-refractivity contribution in [2.75, 3.05) is 26.2 Å². The zero-order chi connectivity index (χ0) is 16.7. The summed E-state index contributed by atoms with van der Waals surface area (Å²) in [4.78, 5) is 30.7. The van der Waals surface area contributed by atoms with Gasteiger partial charge in [-0.2, -0.15) is 0 Å². The molecule has 1 amide bonds. The lowest BCUT2D eigenvalue weighted by Gasteiger charge is -2.44. The number of H-pyrrole nitrogens is 1. The Morgan fingerprint density at radius 2 is 1.76 bits per heavy atom. The van der Waals surface area contributed by atoms with Gasteiger partial charge in [0.2, 0.25) is 0 Å². The van der Waals surface area contributed by atoms with E-state index in [9.17, 15) is 9.59 Å². The monoisotopic (exact) mass is 365 g/mol. The van der Waals surface area contributed by atoms with Crippen molar-refractivity contribution in [3.8, 4) is 0 Å². The van der Waals surface area contributed by atoms with Gasteiger partial charge in [-0.3, -0.25) is 9.59 Å². The molecule has 0 radical (unpaired) electrons. The summed E-state index contributed by atoms with van der Waals surface area (Å²) < 4.78 is 0. The van der Waals surface area contributed by atoms with E-state index in [2.05, 4.69) is 10.3 Å². The van der Waals surface area contributed by atoms with Gasteiger partial charge in [0.1, 0.15) is 0 Å². The third-order valence-electron chi connectivity index (χ3n) is 6.36. The first kappa shape index (κ1) is 18.5. The van der Waals surface area contributed by atoms with Gasteiger partial charge >= 0.3 is 0 Å². The van der Waals surface area contributed by atoms with E-state index in [1.807, 2.05) is 11.8 Å². The van der Waals surface area contributed by atoms with Crippen LogP contribution >= 0.6 is 12.4 Å². The molecule has 6 heteroatoms. The summed E-state index contributed by atoms with van der Waals surface area (Å²) in [6.07, 6.45) is 6.99. The number of carbonyl (C=O) groups is 2. The molecule has 1 aromatic heterocycles. The van der Waals surface area contributed by atoms with E-state index >= 15 is 0 Å². The summed E-state index contributed by atoms with van der Waals surface area (Å²) in [5.74, 6) is 0.194. The van der Waals surface area contributed by atoms with Crippen LogP contribution in [0.25, 0.3) is 0 Å². The van der Waals surface area contributed by atoms with E-state index in [-0.39, 0.29) is 24.1 Å². The molecule has 1 aromatic rings. The number of ketones is 1. The van der Waals surface area contributed by atoms with E-state index in [4.69, 9.17) is 0 Å². The summed E-state index contributed by atoms with van der Waals surface area (Å²) in [6, 6.07) is 0. The quantitative estimate of drug-likeness (QED) is 0.804. The van der Waals surface area contributed by atoms with Crippen molar-refractivity contribution in [3.63, 3.8) is 0 Å². The second kappa shape index (κ2) is 7.12. The van der Waals surface area contributed by atoms with E-state index in [1.165, 1.54) is 12.8 Å². The van der Waals surface area contributed by atoms with Gasteiger partial charge in [-0.1, -0.05) is 0 Å². The minimum atomic E-state index is 0. The zero-order valence-corrected chi connectivity index (χ0v) is 15.8. The highest BCUT2D eigenvalue weighted by molar-refractivity contribution is 6.10. The number of amides is 1. The Morgan fingerprint density at radius 1 is 1.08 bits per heavy atom. The maximum absolute atomic E-state index is 13.1. The Labute approximate surface area is 155 Å². The molecule has 4 rings (SSSR count). The molecule has 3 aliphatic rings. The van der Waals surface area contributed by atoms with Crippen LogP contribution in [0.4, 0.5) is 0 Å². The first-order chi connectivity index (χ1) is 11.6. The highest BCUT2D eigenvalue weighted by Crippen LogP contribution is 2.40. The lowest BCUT2D eigenvalue weighted by atomic mass is 9.71. The van der Waals surface area contributed by atoms with Gasteiger partial charge in [0.15, 0.2) is 5.78 Å². The van der Waals surface area contributed by atoms with Crippen LogP contribution < -0.4 is 5.32 Å². The van der Waals surface area contributed by atoms with Crippen LogP contribution in [-0.2, 0) is 6.42 Å². The zero-order valence-electron chi connectivity index (χ0n) is 15.0. The maximum Gasteiger partial charge on any atom is 0.256 e. The Hall–Kier alpha value is -1.33. The van der Waals surface area contributed by atoms with Gasteiger partial charge in [-0.15, -0.1) is 12.4 Å². The molecule has 2 N–H and O–H groups in total. The number of nitrogens with one attached hydrogen (secondary N) is 2. The molecule has 2 aliphatic heterocycles. The van der Waals surface area contributed by atoms with Crippen molar-refractivity contribution >= 4 is 24.1 Å². The number of piperidine rings is 2. The highest BCUT2D eigenvalue weighted by Gasteiger charge is 2.38. The lowest BCUT2D eigenvalue weighted by Crippen LogP contribution is -2.47. The highest BCUT2D eigenvalue weighted by atomic mass is 35.5. The largest absolute Gasteiger partial charge is 0.361 e. The van der Waals surface area contributed by atoms with Crippen LogP contribution in [0.15, 0.2) is 0 Å². The summed E-state index contributed by atoms with van der Waals surface area (Å²) in [5, 5.41) is 3.44. The number of aromatic nitrogens is 1. The molecule has 2 fully saturated rings. The molecule has 0 atom stereocenters. The summed E-state index contributed by atoms with van der Waals surface area (Å²) in [5.41, 5.74) is 3.60. The van der Waals surface area contributed by atoms with Crippen molar-refractivity contribution in [1.29, 1.82) is 0 Å². The summed E-state index contributed by atoms with van der Waals surface area (Å²) in [7, 11) is 0. The fourth-order valence-electron chi connectivity index (χ4n) is 4.80. The molecule has 1 aliphatic carbocycles. The van der Waals surface area contributed by atoms with E-state index < -0.39 is 0 Å². The number of nitrogens with zero attached hydrogens (tertiary/aromatic N) is 1. The molecule has 0 saturated carbocycles. The molecule has 0 unspecified atom stereocenters. The average Bonchev–Trinajstić information content (AvgIpc) is 2.93. The molecule has 1 spiro atoms. The number of aryl methyl sites for hydroxylation is 2. The van der Waals surface area contributed by atoms with Gasteiger partial charge in [0.25, 0.3) is 5.91 Å². The predicted octanol–water partition coefficient (Wildman–Crippen LogP) is 2.87. The Morgan fingerprint density at radius 3 is 2.44 bits per heavy atom. The average molecular weight is 366 g/mol. The molecule has 0 aromatic carbocycles.